The monoisotopic (exact) mass is 384 g/mol. The predicted molar refractivity (Wildman–Crippen MR) is 106 cm³/mol. The second-order valence-corrected chi connectivity index (χ2v) is 7.29. The zero-order chi connectivity index (χ0) is 19.9. The van der Waals surface area contributed by atoms with Gasteiger partial charge >= 0.3 is 0 Å². The van der Waals surface area contributed by atoms with Gasteiger partial charge < -0.3 is 20.1 Å². The second kappa shape index (κ2) is 9.45. The third kappa shape index (κ3) is 4.95. The predicted octanol–water partition coefficient (Wildman–Crippen LogP) is 1.23. The van der Waals surface area contributed by atoms with Crippen LogP contribution in [0.2, 0.25) is 0 Å². The van der Waals surface area contributed by atoms with Crippen LogP contribution in [-0.2, 0) is 19.5 Å². The topological polar surface area (TPSA) is 92.2 Å². The summed E-state index contributed by atoms with van der Waals surface area (Å²) in [6, 6.07) is 3.71. The van der Waals surface area contributed by atoms with Gasteiger partial charge in [0.25, 0.3) is 11.8 Å². The zero-order valence-corrected chi connectivity index (χ0v) is 16.6. The molecule has 0 bridgehead atoms. The number of aromatic nitrogens is 3. The molecule has 150 valence electrons. The van der Waals surface area contributed by atoms with Crippen molar-refractivity contribution in [2.24, 2.45) is 0 Å². The van der Waals surface area contributed by atoms with Crippen molar-refractivity contribution in [2.45, 2.75) is 38.8 Å². The number of carbonyl (C=O) groups excluding carboxylic acids is 2. The van der Waals surface area contributed by atoms with Gasteiger partial charge in [-0.25, -0.2) is 4.98 Å². The summed E-state index contributed by atoms with van der Waals surface area (Å²) < 4.78 is 1.90. The maximum absolute atomic E-state index is 12.7. The van der Waals surface area contributed by atoms with Crippen molar-refractivity contribution >= 4 is 11.8 Å². The van der Waals surface area contributed by atoms with Gasteiger partial charge in [-0.2, -0.15) is 0 Å². The molecule has 1 aliphatic rings. The van der Waals surface area contributed by atoms with E-state index in [4.69, 9.17) is 0 Å². The average molecular weight is 384 g/mol. The molecule has 0 saturated heterocycles. The fraction of sp³-hybridized carbons (Fsp3) is 0.500. The van der Waals surface area contributed by atoms with Crippen molar-refractivity contribution in [1.82, 2.24) is 30.1 Å². The summed E-state index contributed by atoms with van der Waals surface area (Å²) in [6.45, 7) is 2.61. The maximum Gasteiger partial charge on any atom is 0.287 e. The highest BCUT2D eigenvalue weighted by atomic mass is 16.2. The fourth-order valence-electron chi connectivity index (χ4n) is 3.34. The Kier molecular flexibility index (Phi) is 6.76. The van der Waals surface area contributed by atoms with Crippen LogP contribution in [0.1, 0.15) is 51.6 Å². The highest BCUT2D eigenvalue weighted by Crippen LogP contribution is 2.21. The van der Waals surface area contributed by atoms with Crippen LogP contribution in [0.4, 0.5) is 0 Å². The quantitative estimate of drug-likeness (QED) is 0.668. The number of nitrogens with one attached hydrogen (secondary N) is 2. The summed E-state index contributed by atoms with van der Waals surface area (Å²) in [5, 5.41) is 5.83. The Labute approximate surface area is 165 Å². The molecule has 0 radical (unpaired) electrons. The van der Waals surface area contributed by atoms with Crippen LogP contribution in [0.3, 0.4) is 0 Å². The molecule has 0 saturated carbocycles. The molecule has 3 heterocycles. The SMILES string of the molecule is CN(C)CCCNC(=O)c1nc(C(=O)NCc2ccncc2)n2c1CCCC2. The van der Waals surface area contributed by atoms with Crippen molar-refractivity contribution in [3.05, 3.63) is 47.3 Å². The normalized spacial score (nSPS) is 13.2. The largest absolute Gasteiger partial charge is 0.351 e. The van der Waals surface area contributed by atoms with Crippen LogP contribution in [0, 0.1) is 0 Å². The highest BCUT2D eigenvalue weighted by molar-refractivity contribution is 5.97. The smallest absolute Gasteiger partial charge is 0.287 e. The number of pyridine rings is 1. The molecule has 2 aromatic heterocycles. The lowest BCUT2D eigenvalue weighted by Crippen LogP contribution is -2.28. The molecule has 0 aliphatic carbocycles. The molecule has 2 amide bonds. The van der Waals surface area contributed by atoms with Gasteiger partial charge in [-0.1, -0.05) is 0 Å². The number of hydrogen-bond acceptors (Lipinski definition) is 5. The molecular weight excluding hydrogens is 356 g/mol. The van der Waals surface area contributed by atoms with Gasteiger partial charge in [0.1, 0.15) is 5.69 Å². The Morgan fingerprint density at radius 1 is 1.14 bits per heavy atom. The zero-order valence-electron chi connectivity index (χ0n) is 16.6. The van der Waals surface area contributed by atoms with E-state index in [0.717, 1.165) is 43.5 Å². The van der Waals surface area contributed by atoms with Crippen LogP contribution >= 0.6 is 0 Å². The summed E-state index contributed by atoms with van der Waals surface area (Å²) in [7, 11) is 4.01. The number of imidazole rings is 1. The minimum Gasteiger partial charge on any atom is -0.351 e. The van der Waals surface area contributed by atoms with Crippen LogP contribution in [0.25, 0.3) is 0 Å². The molecule has 0 unspecified atom stereocenters. The number of amides is 2. The van der Waals surface area contributed by atoms with E-state index in [2.05, 4.69) is 25.5 Å². The van der Waals surface area contributed by atoms with Crippen molar-refractivity contribution in [2.75, 3.05) is 27.2 Å². The molecule has 2 aromatic rings. The van der Waals surface area contributed by atoms with E-state index in [-0.39, 0.29) is 11.8 Å². The Morgan fingerprint density at radius 2 is 1.93 bits per heavy atom. The van der Waals surface area contributed by atoms with Gasteiger partial charge in [-0.15, -0.1) is 0 Å². The molecule has 2 N–H and O–H groups in total. The first-order valence-corrected chi connectivity index (χ1v) is 9.75. The van der Waals surface area contributed by atoms with Crippen molar-refractivity contribution in [1.29, 1.82) is 0 Å². The molecular formula is C20H28N6O2. The van der Waals surface area contributed by atoms with Crippen molar-refractivity contribution in [3.63, 3.8) is 0 Å². The highest BCUT2D eigenvalue weighted by Gasteiger charge is 2.27. The summed E-state index contributed by atoms with van der Waals surface area (Å²) in [4.78, 5) is 35.8. The average Bonchev–Trinajstić information content (AvgIpc) is 3.10. The standard InChI is InChI=1S/C20H28N6O2/c1-25(2)12-5-9-22-19(27)17-16-6-3-4-13-26(16)18(24-17)20(28)23-14-15-7-10-21-11-8-15/h7-8,10-11H,3-6,9,12-14H2,1-2H3,(H,22,27)(H,23,28). The number of hydrogen-bond donors (Lipinski definition) is 2. The molecule has 1 aliphatic heterocycles. The van der Waals surface area contributed by atoms with Crippen LogP contribution in [-0.4, -0.2) is 58.4 Å². The number of carbonyl (C=O) groups is 2. The Morgan fingerprint density at radius 3 is 2.68 bits per heavy atom. The Hall–Kier alpha value is -2.74. The van der Waals surface area contributed by atoms with Crippen LogP contribution < -0.4 is 10.6 Å². The van der Waals surface area contributed by atoms with E-state index in [1.54, 1.807) is 12.4 Å². The second-order valence-electron chi connectivity index (χ2n) is 7.29. The minimum atomic E-state index is -0.258. The molecule has 28 heavy (non-hydrogen) atoms. The summed E-state index contributed by atoms with van der Waals surface area (Å²) in [6.07, 6.45) is 7.01. The number of fused-ring (bicyclic) bond motifs is 1. The van der Waals surface area contributed by atoms with E-state index in [1.807, 2.05) is 30.8 Å². The first kappa shape index (κ1) is 20.0. The lowest BCUT2D eigenvalue weighted by atomic mass is 10.1. The lowest BCUT2D eigenvalue weighted by Gasteiger charge is -2.17. The summed E-state index contributed by atoms with van der Waals surface area (Å²) >= 11 is 0. The maximum atomic E-state index is 12.7. The van der Waals surface area contributed by atoms with Gasteiger partial charge in [0.15, 0.2) is 5.82 Å². The van der Waals surface area contributed by atoms with E-state index in [0.29, 0.717) is 31.2 Å². The molecule has 0 spiro atoms. The van der Waals surface area contributed by atoms with Crippen LogP contribution in [0.15, 0.2) is 24.5 Å². The van der Waals surface area contributed by atoms with Gasteiger partial charge in [-0.3, -0.25) is 14.6 Å². The van der Waals surface area contributed by atoms with E-state index < -0.39 is 0 Å². The third-order valence-corrected chi connectivity index (χ3v) is 4.81. The molecule has 0 aromatic carbocycles. The molecule has 8 heteroatoms. The van der Waals surface area contributed by atoms with E-state index >= 15 is 0 Å². The molecule has 8 nitrogen and oxygen atoms in total. The third-order valence-electron chi connectivity index (χ3n) is 4.81. The molecule has 0 fully saturated rings. The minimum absolute atomic E-state index is 0.197. The van der Waals surface area contributed by atoms with Gasteiger partial charge in [0.05, 0.1) is 5.69 Å². The molecule has 3 rings (SSSR count). The van der Waals surface area contributed by atoms with Crippen LogP contribution in [0.5, 0.6) is 0 Å². The fourth-order valence-corrected chi connectivity index (χ4v) is 3.34. The first-order valence-electron chi connectivity index (χ1n) is 9.75. The van der Waals surface area contributed by atoms with Gasteiger partial charge in [0, 0.05) is 32.0 Å². The lowest BCUT2D eigenvalue weighted by molar-refractivity contribution is 0.0935. The Balaban J connectivity index is 1.69. The van der Waals surface area contributed by atoms with Gasteiger partial charge in [0.2, 0.25) is 0 Å². The molecule has 0 atom stereocenters. The van der Waals surface area contributed by atoms with Gasteiger partial charge in [-0.05, 0) is 64.0 Å². The van der Waals surface area contributed by atoms with E-state index in [9.17, 15) is 9.59 Å². The van der Waals surface area contributed by atoms with Crippen molar-refractivity contribution < 1.29 is 9.59 Å². The van der Waals surface area contributed by atoms with Crippen molar-refractivity contribution in [3.8, 4) is 0 Å². The first-order chi connectivity index (χ1) is 13.6. The van der Waals surface area contributed by atoms with E-state index in [1.165, 1.54) is 0 Å². The number of nitrogens with zero attached hydrogens (tertiary/aromatic N) is 4. The Bertz CT molecular complexity index is 816. The summed E-state index contributed by atoms with van der Waals surface area (Å²) in [5.74, 6) is -0.133. The summed E-state index contributed by atoms with van der Waals surface area (Å²) in [5.41, 5.74) is 2.22. The number of rotatable bonds is 8.